The highest BCUT2D eigenvalue weighted by atomic mass is 16.5. The van der Waals surface area contributed by atoms with Crippen LogP contribution in [0.3, 0.4) is 0 Å². The van der Waals surface area contributed by atoms with Crippen molar-refractivity contribution in [1.29, 1.82) is 5.26 Å². The topological polar surface area (TPSA) is 53.2 Å². The normalized spacial score (nSPS) is 12.6. The quantitative estimate of drug-likeness (QED) is 0.593. The summed E-state index contributed by atoms with van der Waals surface area (Å²) in [6, 6.07) is 1.87. The van der Waals surface area contributed by atoms with E-state index in [-0.39, 0.29) is 6.42 Å². The summed E-state index contributed by atoms with van der Waals surface area (Å²) in [5, 5.41) is 17.0. The van der Waals surface area contributed by atoms with Crippen molar-refractivity contribution in [2.75, 3.05) is 13.7 Å². The molecule has 0 aromatic heterocycles. The number of aliphatic hydroxyl groups is 1. The molecule has 0 saturated carbocycles. The fourth-order valence-electron chi connectivity index (χ4n) is 0.461. The van der Waals surface area contributed by atoms with Crippen LogP contribution in [0.5, 0.6) is 0 Å². The molecule has 1 unspecified atom stereocenters. The van der Waals surface area contributed by atoms with Crippen LogP contribution in [0.15, 0.2) is 0 Å². The van der Waals surface area contributed by atoms with Crippen molar-refractivity contribution in [3.63, 3.8) is 0 Å². The van der Waals surface area contributed by atoms with Gasteiger partial charge in [-0.2, -0.15) is 5.26 Å². The molecule has 0 amide bonds. The zero-order valence-electron chi connectivity index (χ0n) is 5.50. The molecular weight excluding hydrogens is 118 g/mol. The Labute approximate surface area is 54.9 Å². The molecule has 0 spiro atoms. The Morgan fingerprint density at radius 1 is 1.78 bits per heavy atom. The fraction of sp³-hybridized carbons (Fsp3) is 0.833. The van der Waals surface area contributed by atoms with Gasteiger partial charge in [-0.3, -0.25) is 0 Å². The maximum absolute atomic E-state index is 8.88. The molecule has 3 heteroatoms. The summed E-state index contributed by atoms with van der Waals surface area (Å²) >= 11 is 0. The summed E-state index contributed by atoms with van der Waals surface area (Å²) in [6.45, 7) is 0.517. The fourth-order valence-corrected chi connectivity index (χ4v) is 0.461. The lowest BCUT2D eigenvalue weighted by atomic mass is 10.2. The van der Waals surface area contributed by atoms with Crippen molar-refractivity contribution >= 4 is 0 Å². The third-order valence-corrected chi connectivity index (χ3v) is 0.982. The molecule has 0 rings (SSSR count). The molecule has 1 N–H and O–H groups in total. The van der Waals surface area contributed by atoms with Crippen molar-refractivity contribution in [2.24, 2.45) is 0 Å². The van der Waals surface area contributed by atoms with Gasteiger partial charge in [-0.15, -0.1) is 0 Å². The van der Waals surface area contributed by atoms with Gasteiger partial charge in [0.15, 0.2) is 0 Å². The van der Waals surface area contributed by atoms with Gasteiger partial charge in [0.05, 0.1) is 18.6 Å². The lowest BCUT2D eigenvalue weighted by molar-refractivity contribution is 0.113. The van der Waals surface area contributed by atoms with Gasteiger partial charge in [-0.25, -0.2) is 0 Å². The van der Waals surface area contributed by atoms with Crippen molar-refractivity contribution in [2.45, 2.75) is 18.9 Å². The molecule has 0 aliphatic heterocycles. The van der Waals surface area contributed by atoms with Crippen LogP contribution in [-0.2, 0) is 4.74 Å². The summed E-state index contributed by atoms with van der Waals surface area (Å²) in [6.07, 6.45) is 0.225. The van der Waals surface area contributed by atoms with Crippen LogP contribution >= 0.6 is 0 Å². The lowest BCUT2D eigenvalue weighted by Crippen LogP contribution is -2.08. The van der Waals surface area contributed by atoms with Crippen LogP contribution < -0.4 is 0 Å². The van der Waals surface area contributed by atoms with Crippen LogP contribution in [0, 0.1) is 11.3 Å². The summed E-state index contributed by atoms with van der Waals surface area (Å²) in [4.78, 5) is 0. The van der Waals surface area contributed by atoms with Gasteiger partial charge in [0.1, 0.15) is 0 Å². The summed E-state index contributed by atoms with van der Waals surface area (Å²) in [7, 11) is 1.57. The number of nitriles is 1. The van der Waals surface area contributed by atoms with E-state index >= 15 is 0 Å². The summed E-state index contributed by atoms with van der Waals surface area (Å²) in [5.74, 6) is 0. The predicted octanol–water partition coefficient (Wildman–Crippen LogP) is 0.297. The van der Waals surface area contributed by atoms with Crippen LogP contribution in [0.25, 0.3) is 0 Å². The van der Waals surface area contributed by atoms with Gasteiger partial charge >= 0.3 is 0 Å². The van der Waals surface area contributed by atoms with Crippen LogP contribution in [0.4, 0.5) is 0 Å². The smallest absolute Gasteiger partial charge is 0.0692 e. The molecule has 3 nitrogen and oxygen atoms in total. The molecule has 0 saturated heterocycles. The van der Waals surface area contributed by atoms with Crippen molar-refractivity contribution < 1.29 is 9.84 Å². The Morgan fingerprint density at radius 2 is 2.44 bits per heavy atom. The minimum atomic E-state index is -0.519. The monoisotopic (exact) mass is 129 g/mol. The van der Waals surface area contributed by atoms with Crippen LogP contribution in [-0.4, -0.2) is 24.9 Å². The third-order valence-electron chi connectivity index (χ3n) is 0.982. The van der Waals surface area contributed by atoms with Crippen LogP contribution in [0.2, 0.25) is 0 Å². The second-order valence-electron chi connectivity index (χ2n) is 1.80. The van der Waals surface area contributed by atoms with Gasteiger partial charge in [0.25, 0.3) is 0 Å². The second-order valence-corrected chi connectivity index (χ2v) is 1.80. The molecular formula is C6H11NO2. The highest BCUT2D eigenvalue weighted by Crippen LogP contribution is 1.95. The Hall–Kier alpha value is -0.590. The maximum Gasteiger partial charge on any atom is 0.0692 e. The summed E-state index contributed by atoms with van der Waals surface area (Å²) < 4.78 is 4.69. The van der Waals surface area contributed by atoms with Crippen molar-refractivity contribution in [3.05, 3.63) is 0 Å². The number of nitrogens with zero attached hydrogens (tertiary/aromatic N) is 1. The maximum atomic E-state index is 8.88. The van der Waals surface area contributed by atoms with E-state index < -0.39 is 6.10 Å². The van der Waals surface area contributed by atoms with E-state index in [1.165, 1.54) is 0 Å². The largest absolute Gasteiger partial charge is 0.392 e. The number of aliphatic hydroxyl groups excluding tert-OH is 1. The molecule has 0 radical (unpaired) electrons. The lowest BCUT2D eigenvalue weighted by Gasteiger charge is -2.02. The third kappa shape index (κ3) is 5.28. The Kier molecular flexibility index (Phi) is 5.18. The first-order valence-electron chi connectivity index (χ1n) is 2.85. The average Bonchev–Trinajstić information content (AvgIpc) is 1.85. The van der Waals surface area contributed by atoms with Crippen molar-refractivity contribution in [3.8, 4) is 6.07 Å². The first kappa shape index (κ1) is 8.41. The van der Waals surface area contributed by atoms with Gasteiger partial charge in [0.2, 0.25) is 0 Å². The zero-order chi connectivity index (χ0) is 7.11. The number of methoxy groups -OCH3 is 1. The van der Waals surface area contributed by atoms with Gasteiger partial charge < -0.3 is 9.84 Å². The van der Waals surface area contributed by atoms with E-state index in [0.717, 1.165) is 0 Å². The Balaban J connectivity index is 3.08. The van der Waals surface area contributed by atoms with E-state index in [1.807, 2.05) is 6.07 Å². The van der Waals surface area contributed by atoms with Crippen LogP contribution in [0.1, 0.15) is 12.8 Å². The SMILES string of the molecule is COCCC(O)CC#N. The number of hydrogen-bond acceptors (Lipinski definition) is 3. The molecule has 1 atom stereocenters. The Morgan fingerprint density at radius 3 is 2.89 bits per heavy atom. The molecule has 0 bridgehead atoms. The predicted molar refractivity (Wildman–Crippen MR) is 32.7 cm³/mol. The Bertz CT molecular complexity index is 97.7. The second kappa shape index (κ2) is 5.54. The standard InChI is InChI=1S/C6H11NO2/c1-9-5-3-6(8)2-4-7/h6,8H,2-3,5H2,1H3. The van der Waals surface area contributed by atoms with E-state index in [2.05, 4.69) is 4.74 Å². The molecule has 0 aromatic rings. The van der Waals surface area contributed by atoms with E-state index in [1.54, 1.807) is 7.11 Å². The number of rotatable bonds is 4. The van der Waals surface area contributed by atoms with Gasteiger partial charge in [-0.05, 0) is 6.42 Å². The van der Waals surface area contributed by atoms with Gasteiger partial charge in [0, 0.05) is 13.7 Å². The number of ether oxygens (including phenoxy) is 1. The molecule has 52 valence electrons. The average molecular weight is 129 g/mol. The first-order chi connectivity index (χ1) is 4.31. The van der Waals surface area contributed by atoms with E-state index in [4.69, 9.17) is 10.4 Å². The zero-order valence-corrected chi connectivity index (χ0v) is 5.50. The minimum absolute atomic E-state index is 0.198. The molecule has 0 fully saturated rings. The number of hydrogen-bond donors (Lipinski definition) is 1. The molecule has 0 aliphatic carbocycles. The highest BCUT2D eigenvalue weighted by molar-refractivity contribution is 4.74. The molecule has 0 aliphatic rings. The summed E-state index contributed by atoms with van der Waals surface area (Å²) in [5.41, 5.74) is 0. The van der Waals surface area contributed by atoms with E-state index in [9.17, 15) is 0 Å². The highest BCUT2D eigenvalue weighted by Gasteiger charge is 2.00. The van der Waals surface area contributed by atoms with Gasteiger partial charge in [-0.1, -0.05) is 0 Å². The molecule has 9 heavy (non-hydrogen) atoms. The molecule has 0 aromatic carbocycles. The molecule has 0 heterocycles. The minimum Gasteiger partial charge on any atom is -0.392 e. The van der Waals surface area contributed by atoms with E-state index in [0.29, 0.717) is 13.0 Å². The first-order valence-corrected chi connectivity index (χ1v) is 2.85. The van der Waals surface area contributed by atoms with Crippen molar-refractivity contribution in [1.82, 2.24) is 0 Å².